The van der Waals surface area contributed by atoms with E-state index in [2.05, 4.69) is 18.1 Å². The molecule has 1 saturated heterocycles. The average molecular weight is 379 g/mol. The number of hydrogen-bond acceptors (Lipinski definition) is 2. The van der Waals surface area contributed by atoms with Gasteiger partial charge in [-0.2, -0.15) is 13.2 Å². The van der Waals surface area contributed by atoms with E-state index in [0.717, 1.165) is 42.7 Å². The van der Waals surface area contributed by atoms with E-state index >= 15 is 0 Å². The van der Waals surface area contributed by atoms with Gasteiger partial charge in [0.05, 0.1) is 11.2 Å². The lowest BCUT2D eigenvalue weighted by Gasteiger charge is -2.28. The smallest absolute Gasteiger partial charge is 0.385 e. The maximum absolute atomic E-state index is 12.7. The minimum atomic E-state index is -4.31. The molecule has 5 heteroatoms. The van der Waals surface area contributed by atoms with Crippen molar-refractivity contribution in [1.29, 1.82) is 0 Å². The Morgan fingerprint density at radius 2 is 1.89 bits per heavy atom. The van der Waals surface area contributed by atoms with Crippen LogP contribution in [0.4, 0.5) is 13.2 Å². The van der Waals surface area contributed by atoms with Crippen molar-refractivity contribution in [2.24, 2.45) is 0 Å². The Balaban J connectivity index is 2.01. The minimum Gasteiger partial charge on any atom is -0.385 e. The summed E-state index contributed by atoms with van der Waals surface area (Å²) in [6.45, 7) is 11.9. The van der Waals surface area contributed by atoms with Gasteiger partial charge in [-0.25, -0.2) is 0 Å². The van der Waals surface area contributed by atoms with Crippen molar-refractivity contribution in [1.82, 2.24) is 4.90 Å². The third-order valence-electron chi connectivity index (χ3n) is 5.22. The van der Waals surface area contributed by atoms with Crippen molar-refractivity contribution >= 4 is 0 Å². The van der Waals surface area contributed by atoms with Crippen LogP contribution in [0.15, 0.2) is 60.7 Å². The zero-order chi connectivity index (χ0) is 20.1. The minimum absolute atomic E-state index is 0.553. The summed E-state index contributed by atoms with van der Waals surface area (Å²) in [7, 11) is 0. The highest BCUT2D eigenvalue weighted by molar-refractivity contribution is 5.33. The molecule has 1 N–H and O–H groups in total. The second-order valence-corrected chi connectivity index (χ2v) is 7.16. The molecule has 0 aromatic heterocycles. The quantitative estimate of drug-likeness (QED) is 0.660. The number of likely N-dealkylation sites (tertiary alicyclic amines) is 1. The summed E-state index contributed by atoms with van der Waals surface area (Å²) in [5, 5.41) is 11.0. The molecule has 1 atom stereocenters. The first-order chi connectivity index (χ1) is 12.7. The molecule has 1 aliphatic rings. The fourth-order valence-electron chi connectivity index (χ4n) is 3.38. The molecule has 1 aromatic rings. The summed E-state index contributed by atoms with van der Waals surface area (Å²) < 4.78 is 38.0. The normalized spacial score (nSPS) is 22.3. The highest BCUT2D eigenvalue weighted by atomic mass is 19.4. The molecule has 1 aliphatic heterocycles. The third kappa shape index (κ3) is 5.81. The van der Waals surface area contributed by atoms with Gasteiger partial charge < -0.3 is 5.11 Å². The van der Waals surface area contributed by atoms with Crippen molar-refractivity contribution in [2.75, 3.05) is 13.1 Å². The summed E-state index contributed by atoms with van der Waals surface area (Å²) in [6.07, 6.45) is 2.20. The number of rotatable bonds is 6. The number of hydrogen-bond donors (Lipinski definition) is 1. The topological polar surface area (TPSA) is 23.5 Å². The van der Waals surface area contributed by atoms with Crippen LogP contribution in [0.2, 0.25) is 0 Å². The van der Waals surface area contributed by atoms with Gasteiger partial charge in [0.2, 0.25) is 0 Å². The number of halogens is 3. The molecule has 0 saturated carbocycles. The zero-order valence-electron chi connectivity index (χ0n) is 15.9. The molecule has 0 amide bonds. The van der Waals surface area contributed by atoms with E-state index in [1.54, 1.807) is 6.08 Å². The molecular formula is C22H28F3NO. The van der Waals surface area contributed by atoms with E-state index in [0.29, 0.717) is 31.5 Å². The Bertz CT molecular complexity index is 691. The number of nitrogens with zero attached hydrogens (tertiary/aromatic N) is 1. The molecule has 2 nitrogen and oxygen atoms in total. The first-order valence-corrected chi connectivity index (χ1v) is 9.31. The molecule has 0 radical (unpaired) electrons. The molecule has 1 aromatic carbocycles. The predicted octanol–water partition coefficient (Wildman–Crippen LogP) is 5.50. The number of benzene rings is 1. The fourth-order valence-corrected chi connectivity index (χ4v) is 3.38. The number of allylic oxidation sites excluding steroid dienone is 2. The van der Waals surface area contributed by atoms with Crippen molar-refractivity contribution < 1.29 is 18.3 Å². The van der Waals surface area contributed by atoms with Crippen LogP contribution >= 0.6 is 0 Å². The van der Waals surface area contributed by atoms with Crippen molar-refractivity contribution in [2.45, 2.75) is 50.9 Å². The summed E-state index contributed by atoms with van der Waals surface area (Å²) in [5.41, 5.74) is 1.01. The second kappa shape index (κ2) is 8.89. The van der Waals surface area contributed by atoms with Gasteiger partial charge in [-0.05, 0) is 61.1 Å². The Kier molecular flexibility index (Phi) is 7.06. The molecule has 27 heavy (non-hydrogen) atoms. The molecule has 1 heterocycles. The SMILES string of the molecule is C=C/C(=C/C(=C)C1(O)CCCN(Cc2ccc(C(F)(F)F)cc2)CC1)CC. The van der Waals surface area contributed by atoms with E-state index in [9.17, 15) is 18.3 Å². The summed E-state index contributed by atoms with van der Waals surface area (Å²) >= 11 is 0. The molecule has 2 rings (SSSR count). The monoisotopic (exact) mass is 379 g/mol. The summed E-state index contributed by atoms with van der Waals surface area (Å²) in [4.78, 5) is 2.17. The van der Waals surface area contributed by atoms with E-state index in [-0.39, 0.29) is 0 Å². The largest absolute Gasteiger partial charge is 0.416 e. The van der Waals surface area contributed by atoms with Gasteiger partial charge in [0, 0.05) is 13.1 Å². The van der Waals surface area contributed by atoms with Gasteiger partial charge in [0.15, 0.2) is 0 Å². The highest BCUT2D eigenvalue weighted by Crippen LogP contribution is 2.32. The van der Waals surface area contributed by atoms with Crippen molar-refractivity contribution in [3.05, 3.63) is 71.8 Å². The van der Waals surface area contributed by atoms with Crippen molar-refractivity contribution in [3.8, 4) is 0 Å². The average Bonchev–Trinajstić information content (AvgIpc) is 2.82. The van der Waals surface area contributed by atoms with Crippen LogP contribution in [0.5, 0.6) is 0 Å². The van der Waals surface area contributed by atoms with Crippen LogP contribution in [0.1, 0.15) is 43.7 Å². The van der Waals surface area contributed by atoms with Crippen LogP contribution in [0, 0.1) is 0 Å². The van der Waals surface area contributed by atoms with Crippen LogP contribution in [-0.2, 0) is 12.7 Å². The Morgan fingerprint density at radius 3 is 2.44 bits per heavy atom. The number of alkyl halides is 3. The third-order valence-corrected chi connectivity index (χ3v) is 5.22. The van der Waals surface area contributed by atoms with Gasteiger partial charge in [-0.1, -0.05) is 44.4 Å². The lowest BCUT2D eigenvalue weighted by atomic mass is 9.86. The lowest BCUT2D eigenvalue weighted by Crippen LogP contribution is -2.32. The van der Waals surface area contributed by atoms with Crippen LogP contribution in [0.25, 0.3) is 0 Å². The molecule has 0 bridgehead atoms. The molecule has 148 valence electrons. The highest BCUT2D eigenvalue weighted by Gasteiger charge is 2.32. The van der Waals surface area contributed by atoms with Gasteiger partial charge >= 0.3 is 6.18 Å². The van der Waals surface area contributed by atoms with Gasteiger partial charge in [0.25, 0.3) is 0 Å². The lowest BCUT2D eigenvalue weighted by molar-refractivity contribution is -0.137. The van der Waals surface area contributed by atoms with E-state index in [1.807, 2.05) is 13.0 Å². The summed E-state index contributed by atoms with van der Waals surface area (Å²) in [6, 6.07) is 5.30. The Hall–Kier alpha value is -1.85. The molecule has 1 fully saturated rings. The van der Waals surface area contributed by atoms with Gasteiger partial charge in [-0.15, -0.1) is 0 Å². The Labute approximate surface area is 159 Å². The van der Waals surface area contributed by atoms with Crippen molar-refractivity contribution in [3.63, 3.8) is 0 Å². The first kappa shape index (κ1) is 21.5. The van der Waals surface area contributed by atoms with Gasteiger partial charge in [-0.3, -0.25) is 4.90 Å². The number of aliphatic hydroxyl groups is 1. The molecule has 1 unspecified atom stereocenters. The molecule has 0 aliphatic carbocycles. The van der Waals surface area contributed by atoms with E-state index in [1.165, 1.54) is 12.1 Å². The maximum Gasteiger partial charge on any atom is 0.416 e. The maximum atomic E-state index is 12.7. The molecular weight excluding hydrogens is 351 g/mol. The molecule has 0 spiro atoms. The predicted molar refractivity (Wildman–Crippen MR) is 103 cm³/mol. The first-order valence-electron chi connectivity index (χ1n) is 9.31. The van der Waals surface area contributed by atoms with Crippen LogP contribution in [0.3, 0.4) is 0 Å². The van der Waals surface area contributed by atoms with E-state index < -0.39 is 17.3 Å². The second-order valence-electron chi connectivity index (χ2n) is 7.16. The fraction of sp³-hybridized carbons (Fsp3) is 0.455. The van der Waals surface area contributed by atoms with Gasteiger partial charge in [0.1, 0.15) is 0 Å². The Morgan fingerprint density at radius 1 is 1.22 bits per heavy atom. The van der Waals surface area contributed by atoms with Crippen LogP contribution in [-0.4, -0.2) is 28.7 Å². The van der Waals surface area contributed by atoms with Crippen LogP contribution < -0.4 is 0 Å². The standard InChI is InChI=1S/C22H28F3NO/c1-4-18(5-2)15-17(3)21(27)11-6-13-26(14-12-21)16-19-7-9-20(10-8-19)22(23,24)25/h4,7-10,15,27H,1,3,5-6,11-14,16H2,2H3/b18-15-. The zero-order valence-corrected chi connectivity index (χ0v) is 15.9. The van der Waals surface area contributed by atoms with E-state index in [4.69, 9.17) is 0 Å². The summed E-state index contributed by atoms with van der Waals surface area (Å²) in [5.74, 6) is 0.